The number of carbonyl (C=O) groups excluding carboxylic acids is 1. The van der Waals surface area contributed by atoms with Gasteiger partial charge in [0.1, 0.15) is 11.6 Å². The van der Waals surface area contributed by atoms with Crippen LogP contribution < -0.4 is 0 Å². The lowest BCUT2D eigenvalue weighted by molar-refractivity contribution is -0.107. The lowest BCUT2D eigenvalue weighted by atomic mass is 10.2. The molecule has 0 aromatic heterocycles. The Labute approximate surface area is 78.6 Å². The fourth-order valence-corrected chi connectivity index (χ4v) is 0.855. The molecule has 0 N–H and O–H groups in total. The summed E-state index contributed by atoms with van der Waals surface area (Å²) in [6.45, 7) is 0. The molecule has 1 nitrogen and oxygen atoms in total. The first-order valence-corrected chi connectivity index (χ1v) is 3.80. The SMILES string of the molecule is O=C(Cl)C=Cc1ccc(F)cc1F. The highest BCUT2D eigenvalue weighted by atomic mass is 35.5. The molecule has 0 saturated carbocycles. The monoisotopic (exact) mass is 202 g/mol. The van der Waals surface area contributed by atoms with Crippen LogP contribution >= 0.6 is 11.6 Å². The molecule has 0 aliphatic heterocycles. The van der Waals surface area contributed by atoms with Crippen LogP contribution in [0.25, 0.3) is 6.08 Å². The van der Waals surface area contributed by atoms with Gasteiger partial charge in [-0.05, 0) is 35.9 Å². The summed E-state index contributed by atoms with van der Waals surface area (Å²) in [6.07, 6.45) is 2.18. The van der Waals surface area contributed by atoms with Gasteiger partial charge >= 0.3 is 0 Å². The molecule has 0 saturated heterocycles. The van der Waals surface area contributed by atoms with Crippen molar-refractivity contribution in [2.75, 3.05) is 0 Å². The molecule has 0 unspecified atom stereocenters. The molecular formula is C9H5ClF2O. The molecule has 0 fully saturated rings. The van der Waals surface area contributed by atoms with Crippen molar-refractivity contribution in [3.05, 3.63) is 41.5 Å². The standard InChI is InChI=1S/C9H5ClF2O/c10-9(13)4-2-6-1-3-7(11)5-8(6)12/h1-5H. The van der Waals surface area contributed by atoms with Crippen LogP contribution in [0.1, 0.15) is 5.56 Å². The second kappa shape index (κ2) is 4.14. The Kier molecular flexibility index (Phi) is 3.14. The predicted molar refractivity (Wildman–Crippen MR) is 46.3 cm³/mol. The Morgan fingerprint density at radius 2 is 2.08 bits per heavy atom. The van der Waals surface area contributed by atoms with E-state index >= 15 is 0 Å². The van der Waals surface area contributed by atoms with E-state index in [4.69, 9.17) is 11.6 Å². The summed E-state index contributed by atoms with van der Waals surface area (Å²) >= 11 is 4.99. The summed E-state index contributed by atoms with van der Waals surface area (Å²) in [6, 6.07) is 3.06. The van der Waals surface area contributed by atoms with E-state index in [2.05, 4.69) is 0 Å². The van der Waals surface area contributed by atoms with Crippen molar-refractivity contribution in [3.63, 3.8) is 0 Å². The number of rotatable bonds is 2. The summed E-state index contributed by atoms with van der Waals surface area (Å²) in [5, 5.41) is -0.705. The second-order valence-corrected chi connectivity index (χ2v) is 2.68. The van der Waals surface area contributed by atoms with Gasteiger partial charge in [0.15, 0.2) is 0 Å². The van der Waals surface area contributed by atoms with Crippen LogP contribution in [-0.2, 0) is 4.79 Å². The zero-order valence-corrected chi connectivity index (χ0v) is 7.18. The van der Waals surface area contributed by atoms with E-state index in [1.165, 1.54) is 12.1 Å². The summed E-state index contributed by atoms with van der Waals surface area (Å²) in [4.78, 5) is 10.3. The Morgan fingerprint density at radius 3 is 2.62 bits per heavy atom. The van der Waals surface area contributed by atoms with Gasteiger partial charge in [-0.25, -0.2) is 8.78 Å². The molecule has 0 radical (unpaired) electrons. The van der Waals surface area contributed by atoms with Crippen LogP contribution in [0.4, 0.5) is 8.78 Å². The molecule has 0 amide bonds. The zero-order valence-electron chi connectivity index (χ0n) is 6.43. The molecule has 1 aromatic rings. The normalized spacial score (nSPS) is 10.7. The van der Waals surface area contributed by atoms with Crippen molar-refractivity contribution in [2.24, 2.45) is 0 Å². The first-order chi connectivity index (χ1) is 6.09. The van der Waals surface area contributed by atoms with Crippen molar-refractivity contribution >= 4 is 22.9 Å². The van der Waals surface area contributed by atoms with Crippen molar-refractivity contribution in [1.82, 2.24) is 0 Å². The molecule has 0 bridgehead atoms. The van der Waals surface area contributed by atoms with Crippen molar-refractivity contribution in [1.29, 1.82) is 0 Å². The van der Waals surface area contributed by atoms with Crippen LogP contribution in [0.5, 0.6) is 0 Å². The fourth-order valence-electron chi connectivity index (χ4n) is 0.792. The lowest BCUT2D eigenvalue weighted by Crippen LogP contribution is -1.84. The smallest absolute Gasteiger partial charge is 0.245 e. The minimum Gasteiger partial charge on any atom is -0.276 e. The molecule has 0 atom stereocenters. The van der Waals surface area contributed by atoms with Crippen LogP contribution in [0.3, 0.4) is 0 Å². The maximum Gasteiger partial charge on any atom is 0.245 e. The van der Waals surface area contributed by atoms with Gasteiger partial charge in [-0.15, -0.1) is 0 Å². The maximum absolute atomic E-state index is 12.9. The molecule has 0 aliphatic carbocycles. The van der Waals surface area contributed by atoms with E-state index in [9.17, 15) is 13.6 Å². The third-order valence-electron chi connectivity index (χ3n) is 1.36. The van der Waals surface area contributed by atoms with Crippen molar-refractivity contribution in [3.8, 4) is 0 Å². The number of carbonyl (C=O) groups is 1. The average Bonchev–Trinajstić information content (AvgIpc) is 2.02. The second-order valence-electron chi connectivity index (χ2n) is 2.30. The number of halogens is 3. The first kappa shape index (κ1) is 9.86. The highest BCUT2D eigenvalue weighted by Crippen LogP contribution is 2.11. The number of hydrogen-bond acceptors (Lipinski definition) is 1. The Balaban J connectivity index is 2.96. The quantitative estimate of drug-likeness (QED) is 0.532. The van der Waals surface area contributed by atoms with Gasteiger partial charge < -0.3 is 0 Å². The van der Waals surface area contributed by atoms with Gasteiger partial charge in [-0.3, -0.25) is 4.79 Å². The highest BCUT2D eigenvalue weighted by Gasteiger charge is 1.99. The molecule has 0 aliphatic rings. The van der Waals surface area contributed by atoms with Crippen LogP contribution in [-0.4, -0.2) is 5.24 Å². The highest BCUT2D eigenvalue weighted by molar-refractivity contribution is 6.66. The zero-order chi connectivity index (χ0) is 9.84. The van der Waals surface area contributed by atoms with Crippen LogP contribution in [0, 0.1) is 11.6 Å². The topological polar surface area (TPSA) is 17.1 Å². The van der Waals surface area contributed by atoms with Gasteiger partial charge in [0.2, 0.25) is 5.24 Å². The Hall–Kier alpha value is -1.22. The number of hydrogen-bond donors (Lipinski definition) is 0. The Bertz CT molecular complexity index is 361. The van der Waals surface area contributed by atoms with Gasteiger partial charge in [0, 0.05) is 11.6 Å². The maximum atomic E-state index is 12.9. The van der Waals surface area contributed by atoms with E-state index in [0.717, 1.165) is 18.2 Å². The third kappa shape index (κ3) is 2.95. The van der Waals surface area contributed by atoms with Crippen LogP contribution in [0.15, 0.2) is 24.3 Å². The number of allylic oxidation sites excluding steroid dienone is 1. The van der Waals surface area contributed by atoms with Gasteiger partial charge in [-0.2, -0.15) is 0 Å². The fraction of sp³-hybridized carbons (Fsp3) is 0. The van der Waals surface area contributed by atoms with E-state index in [1.54, 1.807) is 0 Å². The van der Waals surface area contributed by atoms with Gasteiger partial charge in [-0.1, -0.05) is 0 Å². The van der Waals surface area contributed by atoms with Crippen LogP contribution in [0.2, 0.25) is 0 Å². The van der Waals surface area contributed by atoms with E-state index in [-0.39, 0.29) is 5.56 Å². The average molecular weight is 203 g/mol. The van der Waals surface area contributed by atoms with Gasteiger partial charge in [0.25, 0.3) is 0 Å². The molecule has 0 heterocycles. The summed E-state index contributed by atoms with van der Waals surface area (Å²) in [5.74, 6) is -1.39. The summed E-state index contributed by atoms with van der Waals surface area (Å²) in [7, 11) is 0. The predicted octanol–water partition coefficient (Wildman–Crippen LogP) is 2.74. The largest absolute Gasteiger partial charge is 0.276 e. The minimum atomic E-state index is -0.728. The molecule has 1 aromatic carbocycles. The van der Waals surface area contributed by atoms with Gasteiger partial charge in [0.05, 0.1) is 0 Å². The van der Waals surface area contributed by atoms with E-state index in [0.29, 0.717) is 0 Å². The van der Waals surface area contributed by atoms with Crippen molar-refractivity contribution < 1.29 is 13.6 Å². The third-order valence-corrected chi connectivity index (χ3v) is 1.48. The Morgan fingerprint density at radius 1 is 1.38 bits per heavy atom. The molecule has 4 heteroatoms. The summed E-state index contributed by atoms with van der Waals surface area (Å²) in [5.41, 5.74) is 0.121. The number of benzene rings is 1. The van der Waals surface area contributed by atoms with E-state index < -0.39 is 16.9 Å². The molecule has 68 valence electrons. The lowest BCUT2D eigenvalue weighted by Gasteiger charge is -1.95. The molecular weight excluding hydrogens is 198 g/mol. The minimum absolute atomic E-state index is 0.121. The first-order valence-electron chi connectivity index (χ1n) is 3.42. The van der Waals surface area contributed by atoms with Crippen molar-refractivity contribution in [2.45, 2.75) is 0 Å². The summed E-state index contributed by atoms with van der Waals surface area (Å²) < 4.78 is 25.2. The molecule has 13 heavy (non-hydrogen) atoms. The van der Waals surface area contributed by atoms with E-state index in [1.807, 2.05) is 0 Å². The molecule has 1 rings (SSSR count). The molecule has 0 spiro atoms.